The van der Waals surface area contributed by atoms with Gasteiger partial charge in [0.1, 0.15) is 0 Å². The summed E-state index contributed by atoms with van der Waals surface area (Å²) in [4.78, 5) is 27.8. The predicted molar refractivity (Wildman–Crippen MR) is 88.0 cm³/mol. The van der Waals surface area contributed by atoms with E-state index in [1.165, 1.54) is 4.88 Å². The number of fused-ring (bicyclic) bond motifs is 1. The van der Waals surface area contributed by atoms with Crippen molar-refractivity contribution in [1.29, 1.82) is 0 Å². The SMILES string of the molecule is CC(=O)c1cc2c(s1)CCN(C(=O)Cc1ccc(N)cc1)C2. The number of Topliss-reactive ketones (excluding diaryl/α,β-unsaturated/α-hetero) is 1. The number of carbonyl (C=O) groups is 2. The number of amides is 1. The number of benzene rings is 1. The molecule has 0 unspecified atom stereocenters. The summed E-state index contributed by atoms with van der Waals surface area (Å²) in [6, 6.07) is 9.34. The molecule has 0 atom stereocenters. The number of ketones is 1. The van der Waals surface area contributed by atoms with Gasteiger partial charge in [-0.3, -0.25) is 9.59 Å². The molecule has 1 aliphatic rings. The molecule has 0 bridgehead atoms. The number of thiophene rings is 1. The topological polar surface area (TPSA) is 63.4 Å². The van der Waals surface area contributed by atoms with E-state index in [1.54, 1.807) is 18.3 Å². The smallest absolute Gasteiger partial charge is 0.227 e. The summed E-state index contributed by atoms with van der Waals surface area (Å²) in [6.45, 7) is 2.91. The Labute approximate surface area is 133 Å². The van der Waals surface area contributed by atoms with E-state index in [1.807, 2.05) is 35.2 Å². The molecule has 0 saturated carbocycles. The number of nitrogens with zero attached hydrogens (tertiary/aromatic N) is 1. The molecule has 2 heterocycles. The zero-order valence-corrected chi connectivity index (χ0v) is 13.3. The first kappa shape index (κ1) is 14.8. The molecule has 0 fully saturated rings. The van der Waals surface area contributed by atoms with Gasteiger partial charge in [-0.2, -0.15) is 0 Å². The van der Waals surface area contributed by atoms with Gasteiger partial charge in [-0.05, 0) is 42.7 Å². The van der Waals surface area contributed by atoms with Crippen LogP contribution in [0.25, 0.3) is 0 Å². The highest BCUT2D eigenvalue weighted by Crippen LogP contribution is 2.28. The Hall–Kier alpha value is -2.14. The second-order valence-corrected chi connectivity index (χ2v) is 6.74. The maximum absolute atomic E-state index is 12.4. The van der Waals surface area contributed by atoms with E-state index >= 15 is 0 Å². The monoisotopic (exact) mass is 314 g/mol. The first-order valence-corrected chi connectivity index (χ1v) is 8.09. The van der Waals surface area contributed by atoms with Gasteiger partial charge in [-0.25, -0.2) is 0 Å². The number of hydrogen-bond acceptors (Lipinski definition) is 4. The predicted octanol–water partition coefficient (Wildman–Crippen LogP) is 2.66. The molecule has 114 valence electrons. The molecule has 2 aromatic rings. The molecular formula is C17H18N2O2S. The summed E-state index contributed by atoms with van der Waals surface area (Å²) in [7, 11) is 0. The van der Waals surface area contributed by atoms with Crippen LogP contribution in [0.3, 0.4) is 0 Å². The molecule has 0 saturated heterocycles. The van der Waals surface area contributed by atoms with Gasteiger partial charge in [0.15, 0.2) is 5.78 Å². The van der Waals surface area contributed by atoms with Crippen molar-refractivity contribution in [1.82, 2.24) is 4.90 Å². The average Bonchev–Trinajstić information content (AvgIpc) is 2.93. The highest BCUT2D eigenvalue weighted by atomic mass is 32.1. The quantitative estimate of drug-likeness (QED) is 0.700. The Bertz CT molecular complexity index is 719. The summed E-state index contributed by atoms with van der Waals surface area (Å²) >= 11 is 1.56. The molecule has 22 heavy (non-hydrogen) atoms. The summed E-state index contributed by atoms with van der Waals surface area (Å²) in [5.41, 5.74) is 8.45. The van der Waals surface area contributed by atoms with Crippen molar-refractivity contribution in [2.45, 2.75) is 26.3 Å². The molecule has 2 N–H and O–H groups in total. The van der Waals surface area contributed by atoms with Gasteiger partial charge in [0.2, 0.25) is 5.91 Å². The van der Waals surface area contributed by atoms with Gasteiger partial charge in [0.25, 0.3) is 0 Å². The van der Waals surface area contributed by atoms with Crippen LogP contribution in [0.4, 0.5) is 5.69 Å². The standard InChI is InChI=1S/C17H18N2O2S/c1-11(20)16-9-13-10-19(7-6-15(13)22-16)17(21)8-12-2-4-14(18)5-3-12/h2-5,9H,6-8,10,18H2,1H3. The van der Waals surface area contributed by atoms with Crippen molar-refractivity contribution in [3.63, 3.8) is 0 Å². The molecule has 1 aromatic heterocycles. The van der Waals surface area contributed by atoms with Crippen LogP contribution < -0.4 is 5.73 Å². The van der Waals surface area contributed by atoms with E-state index in [0.29, 0.717) is 18.7 Å². The van der Waals surface area contributed by atoms with Gasteiger partial charge in [0.05, 0.1) is 11.3 Å². The first-order chi connectivity index (χ1) is 10.5. The highest BCUT2D eigenvalue weighted by Gasteiger charge is 2.23. The maximum Gasteiger partial charge on any atom is 0.227 e. The number of anilines is 1. The van der Waals surface area contributed by atoms with E-state index in [9.17, 15) is 9.59 Å². The molecule has 4 nitrogen and oxygen atoms in total. The number of nitrogen functional groups attached to an aromatic ring is 1. The molecule has 5 heteroatoms. The van der Waals surface area contributed by atoms with Crippen LogP contribution in [0.15, 0.2) is 30.3 Å². The Morgan fingerprint density at radius 3 is 2.68 bits per heavy atom. The third-order valence-electron chi connectivity index (χ3n) is 3.90. The van der Waals surface area contributed by atoms with Crippen LogP contribution >= 0.6 is 11.3 Å². The average molecular weight is 314 g/mol. The summed E-state index contributed by atoms with van der Waals surface area (Å²) < 4.78 is 0. The Balaban J connectivity index is 1.69. The minimum Gasteiger partial charge on any atom is -0.399 e. The molecule has 0 aliphatic carbocycles. The van der Waals surface area contributed by atoms with Crippen LogP contribution in [-0.2, 0) is 24.2 Å². The van der Waals surface area contributed by atoms with Crippen LogP contribution in [0, 0.1) is 0 Å². The fourth-order valence-electron chi connectivity index (χ4n) is 2.64. The number of rotatable bonds is 3. The second kappa shape index (κ2) is 5.93. The molecule has 1 amide bonds. The molecule has 1 aromatic carbocycles. The Morgan fingerprint density at radius 1 is 1.27 bits per heavy atom. The van der Waals surface area contributed by atoms with Crippen LogP contribution in [0.2, 0.25) is 0 Å². The van der Waals surface area contributed by atoms with Crippen molar-refractivity contribution in [2.24, 2.45) is 0 Å². The lowest BCUT2D eigenvalue weighted by molar-refractivity contribution is -0.131. The van der Waals surface area contributed by atoms with Crippen LogP contribution in [0.5, 0.6) is 0 Å². The van der Waals surface area contributed by atoms with Crippen molar-refractivity contribution < 1.29 is 9.59 Å². The normalized spacial score (nSPS) is 13.8. The summed E-state index contributed by atoms with van der Waals surface area (Å²) in [5.74, 6) is 0.213. The van der Waals surface area contributed by atoms with Crippen LogP contribution in [-0.4, -0.2) is 23.1 Å². The molecule has 0 spiro atoms. The van der Waals surface area contributed by atoms with Gasteiger partial charge in [-0.1, -0.05) is 12.1 Å². The Morgan fingerprint density at radius 2 is 2.00 bits per heavy atom. The number of hydrogen-bond donors (Lipinski definition) is 1. The lowest BCUT2D eigenvalue weighted by atomic mass is 10.1. The van der Waals surface area contributed by atoms with E-state index in [0.717, 1.165) is 29.0 Å². The van der Waals surface area contributed by atoms with Crippen molar-refractivity contribution >= 4 is 28.7 Å². The molecule has 0 radical (unpaired) electrons. The van der Waals surface area contributed by atoms with Crippen LogP contribution in [0.1, 0.15) is 32.6 Å². The minimum atomic E-state index is 0.0964. The van der Waals surface area contributed by atoms with Crippen molar-refractivity contribution in [3.05, 3.63) is 51.2 Å². The fraction of sp³-hybridized carbons (Fsp3) is 0.294. The molecule has 1 aliphatic heterocycles. The van der Waals surface area contributed by atoms with Crippen molar-refractivity contribution in [3.8, 4) is 0 Å². The lowest BCUT2D eigenvalue weighted by Gasteiger charge is -2.27. The maximum atomic E-state index is 12.4. The highest BCUT2D eigenvalue weighted by molar-refractivity contribution is 7.14. The Kier molecular flexibility index (Phi) is 3.98. The number of carbonyl (C=O) groups excluding carboxylic acids is 2. The third-order valence-corrected chi connectivity index (χ3v) is 5.24. The fourth-order valence-corrected chi connectivity index (χ4v) is 3.70. The second-order valence-electron chi connectivity index (χ2n) is 5.60. The van der Waals surface area contributed by atoms with E-state index in [2.05, 4.69) is 0 Å². The zero-order valence-electron chi connectivity index (χ0n) is 12.5. The summed E-state index contributed by atoms with van der Waals surface area (Å²) in [6.07, 6.45) is 1.22. The first-order valence-electron chi connectivity index (χ1n) is 7.27. The van der Waals surface area contributed by atoms with Gasteiger partial charge in [-0.15, -0.1) is 11.3 Å². The molecule has 3 rings (SSSR count). The van der Waals surface area contributed by atoms with Gasteiger partial charge in [0, 0.05) is 23.7 Å². The van der Waals surface area contributed by atoms with Gasteiger partial charge < -0.3 is 10.6 Å². The minimum absolute atomic E-state index is 0.0964. The van der Waals surface area contributed by atoms with E-state index < -0.39 is 0 Å². The molecular weight excluding hydrogens is 296 g/mol. The number of nitrogens with two attached hydrogens (primary N) is 1. The zero-order chi connectivity index (χ0) is 15.7. The van der Waals surface area contributed by atoms with Gasteiger partial charge >= 0.3 is 0 Å². The summed E-state index contributed by atoms with van der Waals surface area (Å²) in [5, 5.41) is 0. The lowest BCUT2D eigenvalue weighted by Crippen LogP contribution is -2.36. The largest absolute Gasteiger partial charge is 0.399 e. The van der Waals surface area contributed by atoms with Crippen molar-refractivity contribution in [2.75, 3.05) is 12.3 Å². The third kappa shape index (κ3) is 3.04. The van der Waals surface area contributed by atoms with E-state index in [4.69, 9.17) is 5.73 Å². The van der Waals surface area contributed by atoms with E-state index in [-0.39, 0.29) is 11.7 Å².